The van der Waals surface area contributed by atoms with Gasteiger partial charge in [-0.3, -0.25) is 0 Å². The topological polar surface area (TPSA) is 40.1 Å². The Bertz CT molecular complexity index is 147. The molecular formula is C10H18HgO2+2. The van der Waals surface area contributed by atoms with E-state index >= 15 is 0 Å². The summed E-state index contributed by atoms with van der Waals surface area (Å²) in [5.41, 5.74) is 0. The van der Waals surface area contributed by atoms with Crippen molar-refractivity contribution in [1.29, 1.82) is 0 Å². The van der Waals surface area contributed by atoms with Gasteiger partial charge in [0.25, 0.3) is 0 Å². The summed E-state index contributed by atoms with van der Waals surface area (Å²) in [6.45, 7) is 0. The van der Waals surface area contributed by atoms with Gasteiger partial charge < -0.3 is 9.90 Å². The Labute approximate surface area is 102 Å². The molecule has 0 radical (unpaired) electrons. The van der Waals surface area contributed by atoms with Crippen molar-refractivity contribution in [3.63, 3.8) is 0 Å². The number of aliphatic carboxylic acids is 1. The van der Waals surface area contributed by atoms with E-state index in [-0.39, 0.29) is 35.5 Å². The van der Waals surface area contributed by atoms with Gasteiger partial charge in [-0.05, 0) is 18.8 Å². The molecule has 0 aromatic rings. The molecule has 13 heavy (non-hydrogen) atoms. The van der Waals surface area contributed by atoms with Gasteiger partial charge in [0.15, 0.2) is 0 Å². The molecule has 0 spiro atoms. The molecule has 1 aliphatic carbocycles. The van der Waals surface area contributed by atoms with Crippen LogP contribution in [0.3, 0.4) is 0 Å². The first kappa shape index (κ1) is 13.4. The zero-order valence-corrected chi connectivity index (χ0v) is 13.8. The van der Waals surface area contributed by atoms with Crippen molar-refractivity contribution in [2.75, 3.05) is 0 Å². The van der Waals surface area contributed by atoms with E-state index in [1.54, 1.807) is 0 Å². The fraction of sp³-hybridized carbons (Fsp3) is 0.900. The van der Waals surface area contributed by atoms with E-state index in [1.165, 1.54) is 32.1 Å². The van der Waals surface area contributed by atoms with Gasteiger partial charge in [-0.25, -0.2) is 0 Å². The zero-order chi connectivity index (χ0) is 8.81. The average molecular weight is 371 g/mol. The normalized spacial score (nSPS) is 17.8. The third-order valence-corrected chi connectivity index (χ3v) is 2.72. The number of carbonyl (C=O) groups excluding carboxylic acids is 1. The van der Waals surface area contributed by atoms with Gasteiger partial charge in [-0.1, -0.05) is 38.5 Å². The molecule has 0 heterocycles. The van der Waals surface area contributed by atoms with Gasteiger partial charge in [0.1, 0.15) is 0 Å². The Morgan fingerprint density at radius 2 is 1.92 bits per heavy atom. The van der Waals surface area contributed by atoms with Crippen LogP contribution in [0, 0.1) is 5.92 Å². The Morgan fingerprint density at radius 3 is 2.46 bits per heavy atom. The summed E-state index contributed by atoms with van der Waals surface area (Å²) in [7, 11) is 0. The van der Waals surface area contributed by atoms with Crippen LogP contribution in [0.25, 0.3) is 0 Å². The van der Waals surface area contributed by atoms with Crippen molar-refractivity contribution >= 4 is 5.97 Å². The third-order valence-electron chi connectivity index (χ3n) is 2.72. The van der Waals surface area contributed by atoms with E-state index < -0.39 is 5.97 Å². The molecule has 0 aromatic heterocycles. The molecule has 0 aromatic carbocycles. The number of carboxylic acids is 1. The Kier molecular flexibility index (Phi) is 8.02. The maximum atomic E-state index is 10.1. The first-order valence-corrected chi connectivity index (χ1v) is 4.99. The second-order valence-electron chi connectivity index (χ2n) is 3.77. The summed E-state index contributed by atoms with van der Waals surface area (Å²) in [4.78, 5) is 10.1. The van der Waals surface area contributed by atoms with Crippen LogP contribution in [0.2, 0.25) is 0 Å². The summed E-state index contributed by atoms with van der Waals surface area (Å²) in [6, 6.07) is 0. The van der Waals surface area contributed by atoms with E-state index in [4.69, 9.17) is 0 Å². The second kappa shape index (κ2) is 7.78. The molecular weight excluding hydrogens is 353 g/mol. The summed E-state index contributed by atoms with van der Waals surface area (Å²) >= 11 is 0. The van der Waals surface area contributed by atoms with Gasteiger partial charge in [0, 0.05) is 5.97 Å². The van der Waals surface area contributed by atoms with Crippen molar-refractivity contribution in [2.45, 2.75) is 51.4 Å². The van der Waals surface area contributed by atoms with Crippen LogP contribution in [-0.4, -0.2) is 5.97 Å². The first-order chi connectivity index (χ1) is 5.79. The molecule has 0 unspecified atom stereocenters. The minimum absolute atomic E-state index is 0. The quantitative estimate of drug-likeness (QED) is 0.705. The van der Waals surface area contributed by atoms with Crippen LogP contribution < -0.4 is 5.11 Å². The van der Waals surface area contributed by atoms with Gasteiger partial charge in [0.05, 0.1) is 0 Å². The molecule has 0 saturated heterocycles. The fourth-order valence-electron chi connectivity index (χ4n) is 2.01. The number of carbonyl (C=O) groups is 1. The molecule has 0 N–H and O–H groups in total. The monoisotopic (exact) mass is 372 g/mol. The SMILES string of the molecule is O=C([O-])CCCC1CCCCC1.[H+].[Hg+2]. The zero-order valence-electron chi connectivity index (χ0n) is 9.26. The Morgan fingerprint density at radius 1 is 1.31 bits per heavy atom. The molecule has 0 atom stereocenters. The molecule has 1 saturated carbocycles. The minimum atomic E-state index is -0.897. The second-order valence-corrected chi connectivity index (χ2v) is 3.77. The third kappa shape index (κ3) is 6.47. The van der Waals surface area contributed by atoms with Crippen molar-refractivity contribution < 1.29 is 39.0 Å². The molecule has 1 fully saturated rings. The van der Waals surface area contributed by atoms with E-state index in [0.717, 1.165) is 18.8 Å². The van der Waals surface area contributed by atoms with Gasteiger partial charge in [-0.2, -0.15) is 0 Å². The minimum Gasteiger partial charge on any atom is -0.550 e. The molecule has 0 amide bonds. The Balaban J connectivity index is 0. The van der Waals surface area contributed by atoms with Crippen molar-refractivity contribution in [3.05, 3.63) is 0 Å². The first-order valence-electron chi connectivity index (χ1n) is 4.99. The summed E-state index contributed by atoms with van der Waals surface area (Å²) in [5.74, 6) is -0.0936. The molecule has 1 aliphatic rings. The van der Waals surface area contributed by atoms with E-state index in [0.29, 0.717) is 0 Å². The van der Waals surface area contributed by atoms with Gasteiger partial charge in [-0.15, -0.1) is 0 Å². The van der Waals surface area contributed by atoms with E-state index in [9.17, 15) is 9.90 Å². The molecule has 70 valence electrons. The molecule has 2 nitrogen and oxygen atoms in total. The van der Waals surface area contributed by atoms with Crippen LogP contribution in [0.1, 0.15) is 52.8 Å². The smallest absolute Gasteiger partial charge is 0.550 e. The Hall–Kier alpha value is 0.405. The van der Waals surface area contributed by atoms with Crippen LogP contribution in [-0.2, 0) is 32.5 Å². The maximum absolute atomic E-state index is 10.1. The van der Waals surface area contributed by atoms with E-state index in [1.807, 2.05) is 0 Å². The summed E-state index contributed by atoms with van der Waals surface area (Å²) in [5, 5.41) is 10.1. The van der Waals surface area contributed by atoms with Crippen LogP contribution in [0.15, 0.2) is 0 Å². The predicted octanol–water partition coefficient (Wildman–Crippen LogP) is 1.60. The molecule has 3 heteroatoms. The fourth-order valence-corrected chi connectivity index (χ4v) is 2.01. The number of hydrogen-bond acceptors (Lipinski definition) is 2. The van der Waals surface area contributed by atoms with E-state index in [2.05, 4.69) is 0 Å². The molecule has 0 aliphatic heterocycles. The van der Waals surface area contributed by atoms with Gasteiger partial charge >= 0.3 is 29.1 Å². The average Bonchev–Trinajstić information content (AvgIpc) is 2.05. The predicted molar refractivity (Wildman–Crippen MR) is 46.5 cm³/mol. The van der Waals surface area contributed by atoms with Crippen molar-refractivity contribution in [2.24, 2.45) is 5.92 Å². The van der Waals surface area contributed by atoms with Crippen molar-refractivity contribution in [1.82, 2.24) is 0 Å². The number of hydrogen-bond donors (Lipinski definition) is 0. The molecule has 1 rings (SSSR count). The van der Waals surface area contributed by atoms with Crippen LogP contribution in [0.5, 0.6) is 0 Å². The standard InChI is InChI=1S/C10H18O2.Hg/c11-10(12)8-4-7-9-5-2-1-3-6-9;/h9H,1-8H2,(H,11,12);/q;+2. The maximum Gasteiger partial charge on any atom is 2.00 e. The van der Waals surface area contributed by atoms with Crippen LogP contribution >= 0.6 is 0 Å². The largest absolute Gasteiger partial charge is 2.00 e. The van der Waals surface area contributed by atoms with Crippen LogP contribution in [0.4, 0.5) is 0 Å². The summed E-state index contributed by atoms with van der Waals surface area (Å²) < 4.78 is 0. The molecule has 0 bridgehead atoms. The van der Waals surface area contributed by atoms with Crippen molar-refractivity contribution in [3.8, 4) is 0 Å². The number of carboxylic acid groups (broad SMARTS) is 1. The summed E-state index contributed by atoms with van der Waals surface area (Å²) in [6.07, 6.45) is 8.83. The number of rotatable bonds is 4. The van der Waals surface area contributed by atoms with Gasteiger partial charge in [0.2, 0.25) is 0 Å².